The summed E-state index contributed by atoms with van der Waals surface area (Å²) in [5, 5.41) is 0. The smallest absolute Gasteiger partial charge is 0.126 e. The van der Waals surface area contributed by atoms with Crippen LogP contribution in [0.25, 0.3) is 0 Å². The standard InChI is InChI=1S/C16H24F2N2/c1-11-3-5-20(12(2)7-11)6-4-16(19)13-8-14(17)10-15(18)9-13/h8-12,16H,3-7,19H2,1-2H3. The van der Waals surface area contributed by atoms with Crippen LogP contribution in [0.5, 0.6) is 0 Å². The summed E-state index contributed by atoms with van der Waals surface area (Å²) in [6.45, 7) is 6.50. The van der Waals surface area contributed by atoms with Crippen molar-refractivity contribution in [3.63, 3.8) is 0 Å². The number of rotatable bonds is 4. The number of benzene rings is 1. The van der Waals surface area contributed by atoms with Crippen molar-refractivity contribution in [2.75, 3.05) is 13.1 Å². The van der Waals surface area contributed by atoms with Gasteiger partial charge in [0, 0.05) is 24.7 Å². The SMILES string of the molecule is CC1CCN(CCC(N)c2cc(F)cc(F)c2)C(C)C1. The van der Waals surface area contributed by atoms with Gasteiger partial charge in [0.1, 0.15) is 11.6 Å². The van der Waals surface area contributed by atoms with Crippen LogP contribution in [0.4, 0.5) is 8.78 Å². The van der Waals surface area contributed by atoms with E-state index in [1.165, 1.54) is 25.0 Å². The third-order valence-corrected chi connectivity index (χ3v) is 4.32. The topological polar surface area (TPSA) is 29.3 Å². The van der Waals surface area contributed by atoms with E-state index in [2.05, 4.69) is 18.7 Å². The molecular weight excluding hydrogens is 258 g/mol. The molecule has 0 bridgehead atoms. The van der Waals surface area contributed by atoms with Crippen molar-refractivity contribution in [3.8, 4) is 0 Å². The average Bonchev–Trinajstić information content (AvgIpc) is 2.36. The van der Waals surface area contributed by atoms with Crippen molar-refractivity contribution >= 4 is 0 Å². The highest BCUT2D eigenvalue weighted by molar-refractivity contribution is 5.21. The first kappa shape index (κ1) is 15.4. The van der Waals surface area contributed by atoms with Crippen LogP contribution < -0.4 is 5.73 Å². The highest BCUT2D eigenvalue weighted by atomic mass is 19.1. The van der Waals surface area contributed by atoms with Gasteiger partial charge in [0.2, 0.25) is 0 Å². The first-order chi connectivity index (χ1) is 9.45. The molecule has 4 heteroatoms. The van der Waals surface area contributed by atoms with Crippen LogP contribution in [0.15, 0.2) is 18.2 Å². The monoisotopic (exact) mass is 282 g/mol. The first-order valence-electron chi connectivity index (χ1n) is 7.41. The van der Waals surface area contributed by atoms with E-state index in [0.717, 1.165) is 31.5 Å². The Balaban J connectivity index is 1.90. The molecule has 0 saturated carbocycles. The molecule has 0 aliphatic carbocycles. The fraction of sp³-hybridized carbons (Fsp3) is 0.625. The van der Waals surface area contributed by atoms with Gasteiger partial charge in [0.15, 0.2) is 0 Å². The number of piperidine rings is 1. The lowest BCUT2D eigenvalue weighted by Crippen LogP contribution is -2.41. The summed E-state index contributed by atoms with van der Waals surface area (Å²) >= 11 is 0. The van der Waals surface area contributed by atoms with Gasteiger partial charge in [0.05, 0.1) is 0 Å². The van der Waals surface area contributed by atoms with Crippen molar-refractivity contribution < 1.29 is 8.78 Å². The quantitative estimate of drug-likeness (QED) is 0.916. The molecule has 3 atom stereocenters. The fourth-order valence-electron chi connectivity index (χ4n) is 3.05. The molecule has 0 amide bonds. The average molecular weight is 282 g/mol. The molecule has 1 fully saturated rings. The molecule has 0 radical (unpaired) electrons. The highest BCUT2D eigenvalue weighted by Gasteiger charge is 2.23. The van der Waals surface area contributed by atoms with E-state index in [9.17, 15) is 8.78 Å². The van der Waals surface area contributed by atoms with Crippen LogP contribution in [0, 0.1) is 17.6 Å². The van der Waals surface area contributed by atoms with Crippen LogP contribution in [-0.2, 0) is 0 Å². The van der Waals surface area contributed by atoms with Gasteiger partial charge in [-0.25, -0.2) is 8.78 Å². The van der Waals surface area contributed by atoms with Crippen LogP contribution in [0.3, 0.4) is 0 Å². The molecule has 3 unspecified atom stereocenters. The van der Waals surface area contributed by atoms with Crippen LogP contribution >= 0.6 is 0 Å². The number of halogens is 2. The predicted molar refractivity (Wildman–Crippen MR) is 77.3 cm³/mol. The second-order valence-corrected chi connectivity index (χ2v) is 6.11. The molecule has 1 saturated heterocycles. The second kappa shape index (κ2) is 6.64. The molecule has 112 valence electrons. The van der Waals surface area contributed by atoms with Crippen molar-refractivity contribution in [2.24, 2.45) is 11.7 Å². The first-order valence-corrected chi connectivity index (χ1v) is 7.41. The summed E-state index contributed by atoms with van der Waals surface area (Å²) in [6, 6.07) is 3.79. The number of likely N-dealkylation sites (tertiary alicyclic amines) is 1. The number of nitrogens with zero attached hydrogens (tertiary/aromatic N) is 1. The maximum Gasteiger partial charge on any atom is 0.126 e. The van der Waals surface area contributed by atoms with Gasteiger partial charge in [0.25, 0.3) is 0 Å². The Morgan fingerprint density at radius 2 is 1.90 bits per heavy atom. The van der Waals surface area contributed by atoms with Crippen molar-refractivity contribution in [3.05, 3.63) is 35.4 Å². The maximum atomic E-state index is 13.2. The third-order valence-electron chi connectivity index (χ3n) is 4.32. The second-order valence-electron chi connectivity index (χ2n) is 6.11. The Morgan fingerprint density at radius 1 is 1.25 bits per heavy atom. The summed E-state index contributed by atoms with van der Waals surface area (Å²) in [7, 11) is 0. The third kappa shape index (κ3) is 4.00. The van der Waals surface area contributed by atoms with Crippen LogP contribution in [-0.4, -0.2) is 24.0 Å². The van der Waals surface area contributed by atoms with Gasteiger partial charge < -0.3 is 10.6 Å². The van der Waals surface area contributed by atoms with Crippen molar-refractivity contribution in [1.82, 2.24) is 4.90 Å². The number of nitrogens with two attached hydrogens (primary N) is 1. The summed E-state index contributed by atoms with van der Waals surface area (Å²) in [6.07, 6.45) is 3.15. The molecule has 0 spiro atoms. The molecule has 1 aliphatic heterocycles. The Hall–Kier alpha value is -1.00. The normalized spacial score (nSPS) is 25.6. The Bertz CT molecular complexity index is 430. The Labute approximate surface area is 120 Å². The van der Waals surface area contributed by atoms with E-state index >= 15 is 0 Å². The zero-order valence-corrected chi connectivity index (χ0v) is 12.3. The molecule has 0 aromatic heterocycles. The Morgan fingerprint density at radius 3 is 2.50 bits per heavy atom. The number of hydrogen-bond donors (Lipinski definition) is 1. The molecular formula is C16H24F2N2. The van der Waals surface area contributed by atoms with Gasteiger partial charge in [-0.3, -0.25) is 0 Å². The lowest BCUT2D eigenvalue weighted by atomic mass is 9.93. The number of hydrogen-bond acceptors (Lipinski definition) is 2. The van der Waals surface area contributed by atoms with Crippen molar-refractivity contribution in [2.45, 2.75) is 45.2 Å². The summed E-state index contributed by atoms with van der Waals surface area (Å²) < 4.78 is 26.4. The van der Waals surface area contributed by atoms with E-state index in [1.54, 1.807) is 0 Å². The van der Waals surface area contributed by atoms with Gasteiger partial charge >= 0.3 is 0 Å². The minimum absolute atomic E-state index is 0.313. The minimum Gasteiger partial charge on any atom is -0.324 e. The maximum absolute atomic E-state index is 13.2. The van der Waals surface area contributed by atoms with E-state index in [4.69, 9.17) is 5.73 Å². The molecule has 1 aromatic rings. The molecule has 1 aromatic carbocycles. The van der Waals surface area contributed by atoms with Gasteiger partial charge in [-0.2, -0.15) is 0 Å². The molecule has 2 N–H and O–H groups in total. The van der Waals surface area contributed by atoms with Gasteiger partial charge in [-0.05, 0) is 56.3 Å². The van der Waals surface area contributed by atoms with Crippen LogP contribution in [0.2, 0.25) is 0 Å². The fourth-order valence-corrected chi connectivity index (χ4v) is 3.05. The lowest BCUT2D eigenvalue weighted by Gasteiger charge is -2.37. The van der Waals surface area contributed by atoms with E-state index in [-0.39, 0.29) is 6.04 Å². The van der Waals surface area contributed by atoms with E-state index in [0.29, 0.717) is 11.6 Å². The molecule has 20 heavy (non-hydrogen) atoms. The molecule has 2 rings (SSSR count). The zero-order valence-electron chi connectivity index (χ0n) is 12.3. The highest BCUT2D eigenvalue weighted by Crippen LogP contribution is 2.24. The molecule has 1 heterocycles. The van der Waals surface area contributed by atoms with Crippen molar-refractivity contribution in [1.29, 1.82) is 0 Å². The van der Waals surface area contributed by atoms with E-state index < -0.39 is 11.6 Å². The summed E-state index contributed by atoms with van der Waals surface area (Å²) in [5.74, 6) is -0.335. The predicted octanol–water partition coefficient (Wildman–Crippen LogP) is 3.48. The largest absolute Gasteiger partial charge is 0.324 e. The van der Waals surface area contributed by atoms with Gasteiger partial charge in [-0.15, -0.1) is 0 Å². The minimum atomic E-state index is -0.560. The van der Waals surface area contributed by atoms with Crippen LogP contribution in [0.1, 0.15) is 44.7 Å². The van der Waals surface area contributed by atoms with Gasteiger partial charge in [-0.1, -0.05) is 6.92 Å². The molecule has 2 nitrogen and oxygen atoms in total. The lowest BCUT2D eigenvalue weighted by molar-refractivity contribution is 0.125. The molecule has 1 aliphatic rings. The zero-order chi connectivity index (χ0) is 14.7. The Kier molecular flexibility index (Phi) is 5.11. The summed E-state index contributed by atoms with van der Waals surface area (Å²) in [5.41, 5.74) is 6.60. The summed E-state index contributed by atoms with van der Waals surface area (Å²) in [4.78, 5) is 2.43. The van der Waals surface area contributed by atoms with E-state index in [1.807, 2.05) is 0 Å².